The number of hydrazone groups is 1. The minimum atomic E-state index is -0.452. The van der Waals surface area contributed by atoms with Gasteiger partial charge in [0.25, 0.3) is 5.91 Å². The van der Waals surface area contributed by atoms with Gasteiger partial charge < -0.3 is 10.1 Å². The van der Waals surface area contributed by atoms with Gasteiger partial charge in [-0.05, 0) is 24.6 Å². The van der Waals surface area contributed by atoms with Crippen molar-refractivity contribution >= 4 is 23.1 Å². The van der Waals surface area contributed by atoms with E-state index in [4.69, 9.17) is 4.74 Å². The van der Waals surface area contributed by atoms with Crippen molar-refractivity contribution in [1.29, 1.82) is 0 Å². The first-order valence-corrected chi connectivity index (χ1v) is 10.7. The molecule has 2 unspecified atom stereocenters. The smallest absolute Gasteiger partial charge is 0.267 e. The molecular weight excluding hydrogens is 392 g/mol. The number of amides is 1. The number of ether oxygens (including phenoxy) is 1. The van der Waals surface area contributed by atoms with E-state index in [1.807, 2.05) is 48.5 Å². The Morgan fingerprint density at radius 2 is 1.71 bits per heavy atom. The number of benzene rings is 2. The summed E-state index contributed by atoms with van der Waals surface area (Å²) in [5.41, 5.74) is 2.35. The maximum atomic E-state index is 13.0. The molecule has 1 N–H and O–H groups in total. The summed E-state index contributed by atoms with van der Waals surface area (Å²) in [6, 6.07) is 19.3. The van der Waals surface area contributed by atoms with Crippen molar-refractivity contribution in [2.24, 2.45) is 5.10 Å². The largest absolute Gasteiger partial charge is 0.379 e. The first-order chi connectivity index (χ1) is 15.1. The molecule has 31 heavy (non-hydrogen) atoms. The predicted octanol–water partition coefficient (Wildman–Crippen LogP) is 2.40. The molecule has 2 aromatic rings. The van der Waals surface area contributed by atoms with Gasteiger partial charge in [0.05, 0.1) is 24.9 Å². The predicted molar refractivity (Wildman–Crippen MR) is 120 cm³/mol. The van der Waals surface area contributed by atoms with Crippen LogP contribution >= 0.6 is 0 Å². The summed E-state index contributed by atoms with van der Waals surface area (Å²) in [4.78, 5) is 27.5. The van der Waals surface area contributed by atoms with Crippen LogP contribution in [0.2, 0.25) is 0 Å². The van der Waals surface area contributed by atoms with Crippen molar-refractivity contribution in [2.45, 2.75) is 25.4 Å². The Balaban J connectivity index is 1.48. The average molecular weight is 421 g/mol. The van der Waals surface area contributed by atoms with E-state index in [1.54, 1.807) is 11.9 Å². The van der Waals surface area contributed by atoms with Crippen LogP contribution in [0.4, 0.5) is 5.69 Å². The number of nitrogens with zero attached hydrogens (tertiary/aromatic N) is 3. The summed E-state index contributed by atoms with van der Waals surface area (Å²) in [6.45, 7) is 5.04. The Morgan fingerprint density at radius 3 is 2.35 bits per heavy atom. The second kappa shape index (κ2) is 9.85. The molecule has 2 heterocycles. The zero-order valence-corrected chi connectivity index (χ0v) is 17.7. The number of anilines is 1. The lowest BCUT2D eigenvalue weighted by molar-refractivity contribution is -0.118. The highest BCUT2D eigenvalue weighted by atomic mass is 16.5. The molecule has 0 radical (unpaired) electrons. The maximum Gasteiger partial charge on any atom is 0.267 e. The quantitative estimate of drug-likeness (QED) is 0.745. The first kappa shape index (κ1) is 21.2. The number of Topliss-reactive ketones (excluding diaryl/α,β-unsaturated/α-hetero) is 1. The number of hydrogen-bond acceptors (Lipinski definition) is 6. The summed E-state index contributed by atoms with van der Waals surface area (Å²) in [7, 11) is 0. The molecule has 1 amide bonds. The van der Waals surface area contributed by atoms with E-state index in [2.05, 4.69) is 27.5 Å². The van der Waals surface area contributed by atoms with Gasteiger partial charge in [0.15, 0.2) is 5.78 Å². The molecule has 2 aliphatic rings. The SMILES string of the molecule is CC(=O)C1CC(C(=O)NCC(c2ccccc2)N2CCOCC2)=NN1c1ccccc1. The zero-order valence-electron chi connectivity index (χ0n) is 17.7. The average Bonchev–Trinajstić information content (AvgIpc) is 3.27. The second-order valence-electron chi connectivity index (χ2n) is 7.84. The van der Waals surface area contributed by atoms with Crippen LogP contribution in [0, 0.1) is 0 Å². The molecule has 0 aliphatic carbocycles. The number of rotatable bonds is 7. The van der Waals surface area contributed by atoms with Crippen LogP contribution < -0.4 is 10.3 Å². The molecule has 2 aliphatic heterocycles. The lowest BCUT2D eigenvalue weighted by atomic mass is 10.0. The third-order valence-corrected chi connectivity index (χ3v) is 5.79. The molecule has 1 fully saturated rings. The monoisotopic (exact) mass is 420 g/mol. The van der Waals surface area contributed by atoms with Crippen molar-refractivity contribution in [3.63, 3.8) is 0 Å². The van der Waals surface area contributed by atoms with Gasteiger partial charge in [0.2, 0.25) is 0 Å². The van der Waals surface area contributed by atoms with E-state index < -0.39 is 6.04 Å². The molecule has 0 aromatic heterocycles. The summed E-state index contributed by atoms with van der Waals surface area (Å²) < 4.78 is 5.50. The molecule has 7 nitrogen and oxygen atoms in total. The van der Waals surface area contributed by atoms with Gasteiger partial charge in [-0.1, -0.05) is 48.5 Å². The number of nitrogens with one attached hydrogen (secondary N) is 1. The third-order valence-electron chi connectivity index (χ3n) is 5.79. The van der Waals surface area contributed by atoms with Crippen LogP contribution in [-0.4, -0.2) is 61.2 Å². The van der Waals surface area contributed by atoms with Gasteiger partial charge in [0, 0.05) is 26.1 Å². The number of hydrogen-bond donors (Lipinski definition) is 1. The van der Waals surface area contributed by atoms with Crippen LogP contribution in [0.5, 0.6) is 0 Å². The van der Waals surface area contributed by atoms with Gasteiger partial charge in [-0.25, -0.2) is 0 Å². The zero-order chi connectivity index (χ0) is 21.6. The second-order valence-corrected chi connectivity index (χ2v) is 7.84. The summed E-state index contributed by atoms with van der Waals surface area (Å²) in [5.74, 6) is -0.232. The molecule has 162 valence electrons. The fourth-order valence-corrected chi connectivity index (χ4v) is 4.10. The fraction of sp³-hybridized carbons (Fsp3) is 0.375. The number of para-hydroxylation sites is 1. The van der Waals surface area contributed by atoms with Crippen LogP contribution in [0.3, 0.4) is 0 Å². The van der Waals surface area contributed by atoms with Crippen LogP contribution in [0.1, 0.15) is 24.9 Å². The molecule has 7 heteroatoms. The topological polar surface area (TPSA) is 74.2 Å². The minimum absolute atomic E-state index is 0.00844. The van der Waals surface area contributed by atoms with Crippen molar-refractivity contribution in [1.82, 2.24) is 10.2 Å². The molecule has 0 spiro atoms. The maximum absolute atomic E-state index is 13.0. The number of carbonyl (C=O) groups is 2. The highest BCUT2D eigenvalue weighted by Gasteiger charge is 2.34. The number of ketones is 1. The standard InChI is InChI=1S/C24H28N4O3/c1-18(29)22-16-21(26-28(22)20-10-6-3-7-11-20)24(30)25-17-23(19-8-4-2-5-9-19)27-12-14-31-15-13-27/h2-11,22-23H,12-17H2,1H3,(H,25,30). The highest BCUT2D eigenvalue weighted by Crippen LogP contribution is 2.25. The van der Waals surface area contributed by atoms with Crippen LogP contribution in [0.25, 0.3) is 0 Å². The Kier molecular flexibility index (Phi) is 6.74. The van der Waals surface area contributed by atoms with Gasteiger partial charge in [-0.2, -0.15) is 5.10 Å². The summed E-state index contributed by atoms with van der Waals surface area (Å²) in [6.07, 6.45) is 0.309. The Bertz CT molecular complexity index is 926. The Morgan fingerprint density at radius 1 is 1.06 bits per heavy atom. The normalized spacial score (nSPS) is 20.2. The minimum Gasteiger partial charge on any atom is -0.379 e. The highest BCUT2D eigenvalue weighted by molar-refractivity contribution is 6.40. The summed E-state index contributed by atoms with van der Waals surface area (Å²) >= 11 is 0. The van der Waals surface area contributed by atoms with E-state index >= 15 is 0 Å². The van der Waals surface area contributed by atoms with E-state index in [0.29, 0.717) is 31.9 Å². The number of morpholine rings is 1. The molecule has 0 saturated carbocycles. The Labute approximate surface area is 182 Å². The van der Waals surface area contributed by atoms with E-state index in [9.17, 15) is 9.59 Å². The summed E-state index contributed by atoms with van der Waals surface area (Å²) in [5, 5.41) is 9.23. The Hall–Kier alpha value is -3.03. The van der Waals surface area contributed by atoms with Crippen LogP contribution in [-0.2, 0) is 14.3 Å². The van der Waals surface area contributed by atoms with Gasteiger partial charge in [-0.3, -0.25) is 19.5 Å². The van der Waals surface area contributed by atoms with Crippen molar-refractivity contribution < 1.29 is 14.3 Å². The first-order valence-electron chi connectivity index (χ1n) is 10.7. The van der Waals surface area contributed by atoms with Crippen LogP contribution in [0.15, 0.2) is 65.8 Å². The fourth-order valence-electron chi connectivity index (χ4n) is 4.10. The van der Waals surface area contributed by atoms with Gasteiger partial charge in [-0.15, -0.1) is 0 Å². The van der Waals surface area contributed by atoms with E-state index in [-0.39, 0.29) is 17.7 Å². The molecule has 1 saturated heterocycles. The lowest BCUT2D eigenvalue weighted by Gasteiger charge is -2.34. The number of carbonyl (C=O) groups excluding carboxylic acids is 2. The van der Waals surface area contributed by atoms with Crippen molar-refractivity contribution in [3.05, 3.63) is 66.2 Å². The third kappa shape index (κ3) is 5.00. The van der Waals surface area contributed by atoms with E-state index in [1.165, 1.54) is 0 Å². The molecule has 0 bridgehead atoms. The molecule has 2 aromatic carbocycles. The van der Waals surface area contributed by atoms with Gasteiger partial charge in [0.1, 0.15) is 11.8 Å². The van der Waals surface area contributed by atoms with Crippen molar-refractivity contribution in [2.75, 3.05) is 37.9 Å². The lowest BCUT2D eigenvalue weighted by Crippen LogP contribution is -2.44. The van der Waals surface area contributed by atoms with Crippen molar-refractivity contribution in [3.8, 4) is 0 Å². The molecule has 2 atom stereocenters. The van der Waals surface area contributed by atoms with E-state index in [0.717, 1.165) is 24.3 Å². The molecular formula is C24H28N4O3. The molecule has 4 rings (SSSR count). The van der Waals surface area contributed by atoms with Gasteiger partial charge >= 0.3 is 0 Å².